The van der Waals surface area contributed by atoms with Gasteiger partial charge in [0.2, 0.25) is 5.91 Å². The summed E-state index contributed by atoms with van der Waals surface area (Å²) in [6.45, 7) is 7.85. The number of carbonyl (C=O) groups excluding carboxylic acids is 2. The molecule has 158 valence electrons. The molecule has 1 aliphatic carbocycles. The molecule has 2 amide bonds. The Labute approximate surface area is 173 Å². The number of nitrogens with one attached hydrogen (secondary N) is 1. The third kappa shape index (κ3) is 4.39. The van der Waals surface area contributed by atoms with Crippen molar-refractivity contribution in [2.75, 3.05) is 51.2 Å². The summed E-state index contributed by atoms with van der Waals surface area (Å²) < 4.78 is 0. The molecule has 7 heteroatoms. The molecule has 1 aromatic rings. The van der Waals surface area contributed by atoms with Crippen molar-refractivity contribution in [2.24, 2.45) is 5.92 Å². The van der Waals surface area contributed by atoms with Crippen molar-refractivity contribution in [1.29, 1.82) is 0 Å². The second-order valence-electron chi connectivity index (χ2n) is 8.63. The van der Waals surface area contributed by atoms with Crippen LogP contribution in [0.4, 0.5) is 5.82 Å². The van der Waals surface area contributed by atoms with Gasteiger partial charge in [-0.15, -0.1) is 0 Å². The Hall–Kier alpha value is -2.15. The average molecular weight is 400 g/mol. The predicted octanol–water partition coefficient (Wildman–Crippen LogP) is 1.53. The van der Waals surface area contributed by atoms with E-state index < -0.39 is 0 Å². The summed E-state index contributed by atoms with van der Waals surface area (Å²) in [6, 6.07) is 3.99. The van der Waals surface area contributed by atoms with Crippen LogP contribution in [0.5, 0.6) is 0 Å². The van der Waals surface area contributed by atoms with Gasteiger partial charge in [0.1, 0.15) is 11.5 Å². The lowest BCUT2D eigenvalue weighted by molar-refractivity contribution is -0.138. The number of amides is 2. The molecule has 29 heavy (non-hydrogen) atoms. The predicted molar refractivity (Wildman–Crippen MR) is 113 cm³/mol. The minimum absolute atomic E-state index is 0.0986. The first-order chi connectivity index (χ1) is 14.0. The quantitative estimate of drug-likeness (QED) is 0.832. The third-order valence-electron chi connectivity index (χ3n) is 6.81. The minimum atomic E-state index is -0.0986. The summed E-state index contributed by atoms with van der Waals surface area (Å²) in [4.78, 5) is 36.6. The number of nitrogens with zero attached hydrogens (tertiary/aromatic N) is 4. The molecular formula is C22H33N5O2. The van der Waals surface area contributed by atoms with Gasteiger partial charge in [0.05, 0.1) is 0 Å². The molecule has 0 radical (unpaired) electrons. The Bertz CT molecular complexity index is 752. The Morgan fingerprint density at radius 2 is 1.79 bits per heavy atom. The first kappa shape index (κ1) is 20.1. The Morgan fingerprint density at radius 3 is 2.48 bits per heavy atom. The highest BCUT2D eigenvalue weighted by Crippen LogP contribution is 2.27. The van der Waals surface area contributed by atoms with Gasteiger partial charge in [-0.05, 0) is 50.3 Å². The summed E-state index contributed by atoms with van der Waals surface area (Å²) in [5.74, 6) is 1.26. The van der Waals surface area contributed by atoms with Crippen molar-refractivity contribution >= 4 is 17.6 Å². The zero-order chi connectivity index (χ0) is 20.4. The smallest absolute Gasteiger partial charge is 0.270 e. The number of fused-ring (bicyclic) bond motifs is 1. The van der Waals surface area contributed by atoms with Gasteiger partial charge in [-0.2, -0.15) is 0 Å². The highest BCUT2D eigenvalue weighted by molar-refractivity contribution is 5.93. The number of carbonyl (C=O) groups is 2. The molecule has 0 atom stereocenters. The number of likely N-dealkylation sites (N-methyl/N-ethyl adjacent to an activating group) is 2. The molecule has 0 spiro atoms. The Morgan fingerprint density at radius 1 is 1.07 bits per heavy atom. The largest absolute Gasteiger partial charge is 0.359 e. The molecule has 1 saturated heterocycles. The summed E-state index contributed by atoms with van der Waals surface area (Å²) in [5, 5.41) is 3.14. The summed E-state index contributed by atoms with van der Waals surface area (Å²) in [6.07, 6.45) is 4.44. The Kier molecular flexibility index (Phi) is 6.04. The van der Waals surface area contributed by atoms with Crippen molar-refractivity contribution < 1.29 is 9.59 Å². The summed E-state index contributed by atoms with van der Waals surface area (Å²) in [7, 11) is 2.01. The number of anilines is 1. The molecule has 4 rings (SSSR count). The molecule has 2 fully saturated rings. The number of aromatic nitrogens is 1. The van der Waals surface area contributed by atoms with E-state index in [9.17, 15) is 9.59 Å². The average Bonchev–Trinajstić information content (AvgIpc) is 3.14. The van der Waals surface area contributed by atoms with Crippen molar-refractivity contribution in [2.45, 2.75) is 45.1 Å². The van der Waals surface area contributed by atoms with Gasteiger partial charge < -0.3 is 20.0 Å². The minimum Gasteiger partial charge on any atom is -0.359 e. The molecular weight excluding hydrogens is 366 g/mol. The maximum absolute atomic E-state index is 12.8. The fraction of sp³-hybridized carbons (Fsp3) is 0.682. The van der Waals surface area contributed by atoms with Crippen LogP contribution in [0.3, 0.4) is 0 Å². The van der Waals surface area contributed by atoms with E-state index in [1.165, 1.54) is 5.56 Å². The van der Waals surface area contributed by atoms with Crippen LogP contribution in [0, 0.1) is 5.92 Å². The molecule has 1 aromatic heterocycles. The van der Waals surface area contributed by atoms with Crippen LogP contribution in [-0.4, -0.2) is 79.0 Å². The van der Waals surface area contributed by atoms with Crippen LogP contribution < -0.4 is 10.2 Å². The van der Waals surface area contributed by atoms with E-state index in [1.807, 2.05) is 24.1 Å². The van der Waals surface area contributed by atoms with Gasteiger partial charge in [0, 0.05) is 51.7 Å². The fourth-order valence-corrected chi connectivity index (χ4v) is 4.81. The van der Waals surface area contributed by atoms with Crippen molar-refractivity contribution in [3.8, 4) is 0 Å². The van der Waals surface area contributed by atoms with Gasteiger partial charge >= 0.3 is 0 Å². The van der Waals surface area contributed by atoms with Gasteiger partial charge in [-0.1, -0.05) is 13.0 Å². The molecule has 7 nitrogen and oxygen atoms in total. The standard InChI is InChI=1S/C22H33N5O2/c1-3-26-12-14-27(15-13-26)22(29)17-4-7-18(8-5-17)23-21(28)19-9-6-16-10-11-25(2)20(16)24-19/h6,9,17-18H,3-5,7-8,10-15H2,1-2H3,(H,23,28). The third-order valence-corrected chi connectivity index (χ3v) is 6.81. The van der Waals surface area contributed by atoms with Crippen molar-refractivity contribution in [3.63, 3.8) is 0 Å². The van der Waals surface area contributed by atoms with E-state index in [1.54, 1.807) is 0 Å². The topological polar surface area (TPSA) is 68.8 Å². The maximum Gasteiger partial charge on any atom is 0.270 e. The van der Waals surface area contributed by atoms with Crippen LogP contribution in [0.2, 0.25) is 0 Å². The molecule has 3 aliphatic rings. The van der Waals surface area contributed by atoms with E-state index in [0.29, 0.717) is 11.6 Å². The van der Waals surface area contributed by atoms with E-state index in [4.69, 9.17) is 0 Å². The van der Waals surface area contributed by atoms with Gasteiger partial charge in [0.15, 0.2) is 0 Å². The normalized spacial score (nSPS) is 25.0. The number of hydrogen-bond acceptors (Lipinski definition) is 5. The molecule has 1 N–H and O–H groups in total. The zero-order valence-electron chi connectivity index (χ0n) is 17.7. The van der Waals surface area contributed by atoms with E-state index >= 15 is 0 Å². The summed E-state index contributed by atoms with van der Waals surface area (Å²) in [5.41, 5.74) is 1.70. The van der Waals surface area contributed by atoms with Crippen LogP contribution in [0.1, 0.15) is 48.7 Å². The molecule has 2 aliphatic heterocycles. The second kappa shape index (κ2) is 8.69. The van der Waals surface area contributed by atoms with Crippen LogP contribution in [-0.2, 0) is 11.2 Å². The summed E-state index contributed by atoms with van der Waals surface area (Å²) >= 11 is 0. The first-order valence-corrected chi connectivity index (χ1v) is 11.1. The van der Waals surface area contributed by atoms with Gasteiger partial charge in [-0.25, -0.2) is 4.98 Å². The second-order valence-corrected chi connectivity index (χ2v) is 8.63. The van der Waals surface area contributed by atoms with Crippen LogP contribution in [0.15, 0.2) is 12.1 Å². The highest BCUT2D eigenvalue weighted by Gasteiger charge is 2.31. The Balaban J connectivity index is 1.26. The van der Waals surface area contributed by atoms with E-state index in [0.717, 1.165) is 77.2 Å². The van der Waals surface area contributed by atoms with Crippen molar-refractivity contribution in [3.05, 3.63) is 23.4 Å². The highest BCUT2D eigenvalue weighted by atomic mass is 16.2. The number of hydrogen-bond donors (Lipinski definition) is 1. The first-order valence-electron chi connectivity index (χ1n) is 11.1. The number of pyridine rings is 1. The van der Waals surface area contributed by atoms with Crippen molar-refractivity contribution in [1.82, 2.24) is 20.1 Å². The molecule has 0 aromatic carbocycles. The van der Waals surface area contributed by atoms with E-state index in [2.05, 4.69) is 27.0 Å². The lowest BCUT2D eigenvalue weighted by Gasteiger charge is -2.37. The fourth-order valence-electron chi connectivity index (χ4n) is 4.81. The zero-order valence-corrected chi connectivity index (χ0v) is 17.7. The molecule has 0 unspecified atom stereocenters. The van der Waals surface area contributed by atoms with E-state index in [-0.39, 0.29) is 17.9 Å². The molecule has 1 saturated carbocycles. The molecule has 0 bridgehead atoms. The monoisotopic (exact) mass is 399 g/mol. The van der Waals surface area contributed by atoms with Crippen LogP contribution >= 0.6 is 0 Å². The van der Waals surface area contributed by atoms with Gasteiger partial charge in [-0.3, -0.25) is 9.59 Å². The number of rotatable bonds is 4. The lowest BCUT2D eigenvalue weighted by Crippen LogP contribution is -2.51. The molecule has 3 heterocycles. The van der Waals surface area contributed by atoms with Gasteiger partial charge in [0.25, 0.3) is 5.91 Å². The van der Waals surface area contributed by atoms with Crippen LogP contribution in [0.25, 0.3) is 0 Å². The number of piperazine rings is 1. The SMILES string of the molecule is CCN1CCN(C(=O)C2CCC(NC(=O)c3ccc4c(n3)N(C)CC4)CC2)CC1. The lowest BCUT2D eigenvalue weighted by atomic mass is 9.85. The maximum atomic E-state index is 12.8.